The molecule has 0 aliphatic heterocycles. The number of hydrogen-bond donors (Lipinski definition) is 1. The summed E-state index contributed by atoms with van der Waals surface area (Å²) in [6.07, 6.45) is 2.74. The number of thioether (sulfide) groups is 1. The van der Waals surface area contributed by atoms with E-state index in [2.05, 4.69) is 35.5 Å². The van der Waals surface area contributed by atoms with Gasteiger partial charge in [-0.1, -0.05) is 32.5 Å². The van der Waals surface area contributed by atoms with Gasteiger partial charge >= 0.3 is 5.97 Å². The van der Waals surface area contributed by atoms with Crippen LogP contribution in [-0.2, 0) is 16.8 Å². The number of aromatic nitrogens is 3. The Labute approximate surface area is 112 Å². The molecule has 5 nitrogen and oxygen atoms in total. The van der Waals surface area contributed by atoms with Crippen molar-refractivity contribution in [1.82, 2.24) is 14.8 Å². The van der Waals surface area contributed by atoms with Crippen LogP contribution in [0.1, 0.15) is 46.4 Å². The molecule has 0 aromatic carbocycles. The zero-order chi connectivity index (χ0) is 13.8. The monoisotopic (exact) mass is 271 g/mol. The van der Waals surface area contributed by atoms with Gasteiger partial charge in [-0.05, 0) is 19.8 Å². The number of nitrogens with zero attached hydrogens (tertiary/aromatic N) is 3. The van der Waals surface area contributed by atoms with Crippen LogP contribution in [0.5, 0.6) is 0 Å². The minimum atomic E-state index is -0.831. The maximum absolute atomic E-state index is 10.7. The van der Waals surface area contributed by atoms with Gasteiger partial charge in [-0.25, -0.2) is 0 Å². The Morgan fingerprint density at radius 1 is 1.33 bits per heavy atom. The van der Waals surface area contributed by atoms with Gasteiger partial charge in [-0.3, -0.25) is 4.79 Å². The Balaban J connectivity index is 3.12. The molecule has 18 heavy (non-hydrogen) atoms. The van der Waals surface area contributed by atoms with Gasteiger partial charge in [-0.15, -0.1) is 10.2 Å². The summed E-state index contributed by atoms with van der Waals surface area (Å²) in [4.78, 5) is 10.7. The van der Waals surface area contributed by atoms with Crippen molar-refractivity contribution >= 4 is 17.7 Å². The van der Waals surface area contributed by atoms with Gasteiger partial charge in [0.2, 0.25) is 0 Å². The zero-order valence-electron chi connectivity index (χ0n) is 11.4. The molecule has 0 spiro atoms. The first-order valence-electron chi connectivity index (χ1n) is 6.27. The first-order valence-corrected chi connectivity index (χ1v) is 7.26. The molecule has 1 aromatic rings. The van der Waals surface area contributed by atoms with Gasteiger partial charge < -0.3 is 9.67 Å². The second-order valence-corrected chi connectivity index (χ2v) is 5.42. The molecule has 1 aromatic heterocycles. The van der Waals surface area contributed by atoms with E-state index in [-0.39, 0.29) is 11.3 Å². The average Bonchev–Trinajstić information content (AvgIpc) is 2.79. The molecule has 0 saturated carbocycles. The van der Waals surface area contributed by atoms with Gasteiger partial charge in [0, 0.05) is 12.0 Å². The van der Waals surface area contributed by atoms with E-state index < -0.39 is 5.97 Å². The summed E-state index contributed by atoms with van der Waals surface area (Å²) in [5, 5.41) is 17.8. The van der Waals surface area contributed by atoms with Crippen LogP contribution in [0, 0.1) is 0 Å². The summed E-state index contributed by atoms with van der Waals surface area (Å²) in [6, 6.07) is 0. The van der Waals surface area contributed by atoms with Crippen LogP contribution in [0.4, 0.5) is 0 Å². The summed E-state index contributed by atoms with van der Waals surface area (Å²) < 4.78 is 2.11. The van der Waals surface area contributed by atoms with E-state index in [0.717, 1.165) is 25.1 Å². The largest absolute Gasteiger partial charge is 0.481 e. The minimum Gasteiger partial charge on any atom is -0.481 e. The highest BCUT2D eigenvalue weighted by Crippen LogP contribution is 2.31. The maximum atomic E-state index is 10.7. The molecule has 1 N–H and O–H groups in total. The lowest BCUT2D eigenvalue weighted by atomic mass is 9.95. The first kappa shape index (κ1) is 15.0. The number of hydrogen-bond acceptors (Lipinski definition) is 4. The van der Waals surface area contributed by atoms with Gasteiger partial charge in [0.05, 0.1) is 5.75 Å². The molecule has 0 radical (unpaired) electrons. The van der Waals surface area contributed by atoms with Gasteiger partial charge in [-0.2, -0.15) is 0 Å². The van der Waals surface area contributed by atoms with Crippen molar-refractivity contribution in [3.8, 4) is 0 Å². The molecule has 0 fully saturated rings. The van der Waals surface area contributed by atoms with Crippen molar-refractivity contribution < 1.29 is 9.90 Å². The summed E-state index contributed by atoms with van der Waals surface area (Å²) in [5.74, 6) is 0.113. The molecule has 0 aliphatic rings. The van der Waals surface area contributed by atoms with Crippen molar-refractivity contribution in [3.05, 3.63) is 5.82 Å². The molecular formula is C12H21N3O2S. The third kappa shape index (κ3) is 3.04. The molecule has 0 aliphatic carbocycles. The quantitative estimate of drug-likeness (QED) is 0.772. The molecule has 1 heterocycles. The van der Waals surface area contributed by atoms with Crippen molar-refractivity contribution in [2.45, 2.75) is 57.7 Å². The van der Waals surface area contributed by atoms with Crippen LogP contribution < -0.4 is 0 Å². The lowest BCUT2D eigenvalue weighted by Gasteiger charge is -2.31. The number of carboxylic acids is 1. The van der Waals surface area contributed by atoms with Crippen molar-refractivity contribution in [2.24, 2.45) is 0 Å². The topological polar surface area (TPSA) is 68.0 Å². The van der Waals surface area contributed by atoms with Gasteiger partial charge in [0.1, 0.15) is 5.82 Å². The number of carbonyl (C=O) groups is 1. The number of aryl methyl sites for hydroxylation is 1. The highest BCUT2D eigenvalue weighted by Gasteiger charge is 2.28. The molecule has 0 unspecified atom stereocenters. The number of aliphatic carboxylic acids is 1. The normalized spacial score (nSPS) is 11.8. The lowest BCUT2D eigenvalue weighted by Crippen LogP contribution is -2.31. The molecular weight excluding hydrogens is 250 g/mol. The molecule has 102 valence electrons. The van der Waals surface area contributed by atoms with Gasteiger partial charge in [0.15, 0.2) is 5.16 Å². The van der Waals surface area contributed by atoms with E-state index in [1.165, 1.54) is 11.8 Å². The van der Waals surface area contributed by atoms with E-state index in [9.17, 15) is 4.79 Å². The van der Waals surface area contributed by atoms with Crippen LogP contribution in [0.15, 0.2) is 5.16 Å². The van der Waals surface area contributed by atoms with Crippen LogP contribution in [0.3, 0.4) is 0 Å². The fourth-order valence-electron chi connectivity index (χ4n) is 1.86. The van der Waals surface area contributed by atoms with Crippen molar-refractivity contribution in [1.29, 1.82) is 0 Å². The lowest BCUT2D eigenvalue weighted by molar-refractivity contribution is -0.133. The molecule has 1 rings (SSSR count). The molecule has 0 bridgehead atoms. The predicted octanol–water partition coefficient (Wildman–Crippen LogP) is 2.55. The molecule has 0 atom stereocenters. The smallest absolute Gasteiger partial charge is 0.313 e. The van der Waals surface area contributed by atoms with Crippen LogP contribution in [0.25, 0.3) is 0 Å². The minimum absolute atomic E-state index is 0.0192. The summed E-state index contributed by atoms with van der Waals surface area (Å²) in [5.41, 5.74) is -0.0460. The van der Waals surface area contributed by atoms with E-state index in [1.54, 1.807) is 0 Å². The Morgan fingerprint density at radius 2 is 1.94 bits per heavy atom. The number of rotatable bonds is 7. The maximum Gasteiger partial charge on any atom is 0.313 e. The Morgan fingerprint density at radius 3 is 2.39 bits per heavy atom. The fraction of sp³-hybridized carbons (Fsp3) is 0.750. The highest BCUT2D eigenvalue weighted by atomic mass is 32.2. The first-order chi connectivity index (χ1) is 8.48. The average molecular weight is 271 g/mol. The number of carboxylic acid groups (broad SMARTS) is 1. The molecule has 0 saturated heterocycles. The standard InChI is InChI=1S/C12H21N3O2S/c1-5-9-13-14-11(18-8-10(16)17)15(9)12(4,6-2)7-3/h5-8H2,1-4H3,(H,16,17). The summed E-state index contributed by atoms with van der Waals surface area (Å²) in [6.45, 7) is 8.47. The molecule has 0 amide bonds. The third-order valence-electron chi connectivity index (χ3n) is 3.40. The van der Waals surface area contributed by atoms with E-state index in [4.69, 9.17) is 5.11 Å². The van der Waals surface area contributed by atoms with E-state index in [1.807, 2.05) is 6.92 Å². The van der Waals surface area contributed by atoms with E-state index >= 15 is 0 Å². The Hall–Kier alpha value is -1.04. The predicted molar refractivity (Wildman–Crippen MR) is 72.0 cm³/mol. The zero-order valence-corrected chi connectivity index (χ0v) is 12.3. The second-order valence-electron chi connectivity index (χ2n) is 4.47. The van der Waals surface area contributed by atoms with Crippen molar-refractivity contribution in [2.75, 3.05) is 5.75 Å². The molecule has 6 heteroatoms. The summed E-state index contributed by atoms with van der Waals surface area (Å²) in [7, 11) is 0. The Bertz CT molecular complexity index is 413. The third-order valence-corrected chi connectivity index (χ3v) is 4.32. The van der Waals surface area contributed by atoms with Crippen molar-refractivity contribution in [3.63, 3.8) is 0 Å². The fourth-order valence-corrected chi connectivity index (χ4v) is 2.66. The van der Waals surface area contributed by atoms with Gasteiger partial charge in [0.25, 0.3) is 0 Å². The Kier molecular flexibility index (Phi) is 5.19. The highest BCUT2D eigenvalue weighted by molar-refractivity contribution is 7.99. The summed E-state index contributed by atoms with van der Waals surface area (Å²) >= 11 is 1.24. The second kappa shape index (κ2) is 6.22. The van der Waals surface area contributed by atoms with Crippen LogP contribution in [-0.4, -0.2) is 31.6 Å². The van der Waals surface area contributed by atoms with Crippen LogP contribution in [0.2, 0.25) is 0 Å². The SMILES string of the molecule is CCc1nnc(SCC(=O)O)n1C(C)(CC)CC. The van der Waals surface area contributed by atoms with E-state index in [0.29, 0.717) is 5.16 Å². The van der Waals surface area contributed by atoms with Crippen LogP contribution >= 0.6 is 11.8 Å².